The normalized spacial score (nSPS) is 16.1. The minimum absolute atomic E-state index is 0.234. The van der Waals surface area contributed by atoms with Gasteiger partial charge in [-0.1, -0.05) is 79.7 Å². The predicted molar refractivity (Wildman–Crippen MR) is 113 cm³/mol. The summed E-state index contributed by atoms with van der Waals surface area (Å²) >= 11 is 0. The highest BCUT2D eigenvalue weighted by Gasteiger charge is 2.24. The van der Waals surface area contributed by atoms with E-state index in [1.807, 2.05) is 36.4 Å². The number of hydrogen-bond acceptors (Lipinski definition) is 3. The molecule has 27 heavy (non-hydrogen) atoms. The van der Waals surface area contributed by atoms with E-state index < -0.39 is 8.15 Å². The van der Waals surface area contributed by atoms with Crippen LogP contribution in [0, 0.1) is 0 Å². The first-order chi connectivity index (χ1) is 13.3. The Hall–Kier alpha value is -2.64. The minimum Gasteiger partial charge on any atom is -0.475 e. The third-order valence-corrected chi connectivity index (χ3v) is 6.39. The Morgan fingerprint density at radius 1 is 0.889 bits per heavy atom. The number of nitrogens with zero attached hydrogens (tertiary/aromatic N) is 1. The fourth-order valence-electron chi connectivity index (χ4n) is 2.97. The highest BCUT2D eigenvalue weighted by atomic mass is 31.1. The van der Waals surface area contributed by atoms with E-state index in [4.69, 9.17) is 14.3 Å². The Kier molecular flexibility index (Phi) is 5.50. The monoisotopic (exact) mass is 375 g/mol. The van der Waals surface area contributed by atoms with Crippen molar-refractivity contribution in [1.82, 2.24) is 0 Å². The van der Waals surface area contributed by atoms with E-state index in [2.05, 4.69) is 55.5 Å². The first kappa shape index (κ1) is 17.8. The van der Waals surface area contributed by atoms with Gasteiger partial charge in [0, 0.05) is 10.6 Å². The van der Waals surface area contributed by atoms with Crippen molar-refractivity contribution in [2.24, 2.45) is 4.99 Å². The zero-order chi connectivity index (χ0) is 18.5. The molecular weight excluding hydrogens is 353 g/mol. The maximum Gasteiger partial charge on any atom is 0.220 e. The van der Waals surface area contributed by atoms with Gasteiger partial charge in [0.15, 0.2) is 8.15 Å². The summed E-state index contributed by atoms with van der Waals surface area (Å²) in [6.45, 7) is 2.78. The molecule has 1 aliphatic heterocycles. The highest BCUT2D eigenvalue weighted by molar-refractivity contribution is 7.68. The molecule has 1 heterocycles. The van der Waals surface area contributed by atoms with Crippen molar-refractivity contribution in [1.29, 1.82) is 0 Å². The van der Waals surface area contributed by atoms with Crippen LogP contribution in [0.2, 0.25) is 0 Å². The third kappa shape index (κ3) is 4.04. The first-order valence-corrected chi connectivity index (χ1v) is 10.5. The van der Waals surface area contributed by atoms with Crippen LogP contribution in [0.25, 0.3) is 0 Å². The van der Waals surface area contributed by atoms with Crippen molar-refractivity contribution < 1.29 is 9.26 Å². The van der Waals surface area contributed by atoms with E-state index in [0.717, 1.165) is 17.7 Å². The average molecular weight is 375 g/mol. The van der Waals surface area contributed by atoms with Crippen molar-refractivity contribution in [3.05, 3.63) is 90.5 Å². The zero-order valence-electron chi connectivity index (χ0n) is 15.3. The van der Waals surface area contributed by atoms with Crippen LogP contribution in [0.5, 0.6) is 5.75 Å². The van der Waals surface area contributed by atoms with E-state index in [1.165, 1.54) is 10.6 Å². The molecule has 3 aromatic rings. The van der Waals surface area contributed by atoms with Crippen LogP contribution >= 0.6 is 8.15 Å². The Labute approximate surface area is 161 Å². The van der Waals surface area contributed by atoms with Gasteiger partial charge in [-0.3, -0.25) is 0 Å². The van der Waals surface area contributed by atoms with E-state index >= 15 is 0 Å². The topological polar surface area (TPSA) is 30.8 Å². The second-order valence-corrected chi connectivity index (χ2v) is 8.16. The molecule has 0 fully saturated rings. The molecule has 1 atom stereocenters. The van der Waals surface area contributed by atoms with Gasteiger partial charge in [-0.05, 0) is 18.6 Å². The quantitative estimate of drug-likeness (QED) is 0.586. The summed E-state index contributed by atoms with van der Waals surface area (Å²) in [6, 6.07) is 29.0. The Balaban J connectivity index is 1.71. The van der Waals surface area contributed by atoms with E-state index in [1.54, 1.807) is 0 Å². The summed E-state index contributed by atoms with van der Waals surface area (Å²) < 4.78 is 12.5. The maximum atomic E-state index is 6.60. The van der Waals surface area contributed by atoms with E-state index in [9.17, 15) is 0 Å². The van der Waals surface area contributed by atoms with E-state index in [0.29, 0.717) is 12.5 Å². The number of rotatable bonds is 6. The summed E-state index contributed by atoms with van der Waals surface area (Å²) in [5.74, 6) is 1.50. The number of ether oxygens (including phenoxy) is 1. The molecule has 0 aliphatic carbocycles. The summed E-state index contributed by atoms with van der Waals surface area (Å²) in [5.41, 5.74) is 0.924. The third-order valence-electron chi connectivity index (χ3n) is 4.47. The van der Waals surface area contributed by atoms with Crippen LogP contribution in [-0.4, -0.2) is 18.5 Å². The van der Waals surface area contributed by atoms with Gasteiger partial charge in [-0.2, -0.15) is 0 Å². The van der Waals surface area contributed by atoms with Gasteiger partial charge in [-0.25, -0.2) is 4.99 Å². The lowest BCUT2D eigenvalue weighted by atomic mass is 10.2. The fraction of sp³-hybridized carbons (Fsp3) is 0.174. The Bertz CT molecular complexity index is 872. The van der Waals surface area contributed by atoms with Gasteiger partial charge in [0.25, 0.3) is 0 Å². The largest absolute Gasteiger partial charge is 0.475 e. The fourth-order valence-corrected chi connectivity index (χ4v) is 4.73. The van der Waals surface area contributed by atoms with Gasteiger partial charge >= 0.3 is 0 Å². The number of para-hydroxylation sites is 1. The van der Waals surface area contributed by atoms with Crippen LogP contribution < -0.4 is 15.1 Å². The Morgan fingerprint density at radius 3 is 2.07 bits per heavy atom. The van der Waals surface area contributed by atoms with Gasteiger partial charge in [0.2, 0.25) is 5.90 Å². The molecule has 0 bridgehead atoms. The summed E-state index contributed by atoms with van der Waals surface area (Å²) in [5, 5.41) is 2.35. The molecule has 0 amide bonds. The molecule has 3 nitrogen and oxygen atoms in total. The molecule has 0 saturated heterocycles. The molecular formula is C23H22NO2P. The summed E-state index contributed by atoms with van der Waals surface area (Å²) in [4.78, 5) is 4.71. The standard InChI is InChI=1S/C23H22NO2P/c1-2-18-17-25-23(24-18)21-15-9-10-16-22(21)26-27(19-11-5-3-6-12-19)20-13-7-4-8-14-20/h3-16,18H,2,17H2,1H3. The molecule has 0 aromatic heterocycles. The average Bonchev–Trinajstić information content (AvgIpc) is 3.23. The second-order valence-electron chi connectivity index (χ2n) is 6.36. The van der Waals surface area contributed by atoms with Crippen LogP contribution in [0.4, 0.5) is 0 Å². The zero-order valence-corrected chi connectivity index (χ0v) is 16.2. The molecule has 0 spiro atoms. The van der Waals surface area contributed by atoms with Crippen LogP contribution in [0.15, 0.2) is 89.9 Å². The van der Waals surface area contributed by atoms with Gasteiger partial charge in [-0.15, -0.1) is 0 Å². The SMILES string of the molecule is CCC1COC(c2ccccc2OP(c2ccccc2)c2ccccc2)=N1. The maximum absolute atomic E-state index is 6.60. The molecule has 4 heteroatoms. The number of hydrogen-bond donors (Lipinski definition) is 0. The van der Waals surface area contributed by atoms with Gasteiger partial charge in [0.1, 0.15) is 12.4 Å². The molecule has 1 aliphatic rings. The molecule has 0 radical (unpaired) electrons. The molecule has 0 saturated carbocycles. The lowest BCUT2D eigenvalue weighted by molar-refractivity contribution is 0.314. The lowest BCUT2D eigenvalue weighted by Crippen LogP contribution is -2.16. The summed E-state index contributed by atoms with van der Waals surface area (Å²) in [6.07, 6.45) is 0.979. The molecule has 1 unspecified atom stereocenters. The van der Waals surface area contributed by atoms with E-state index in [-0.39, 0.29) is 6.04 Å². The molecule has 3 aromatic carbocycles. The van der Waals surface area contributed by atoms with Crippen molar-refractivity contribution in [2.75, 3.05) is 6.61 Å². The molecule has 136 valence electrons. The molecule has 4 rings (SSSR count). The van der Waals surface area contributed by atoms with Gasteiger partial charge < -0.3 is 9.26 Å². The number of aliphatic imine (C=N–C) groups is 1. The highest BCUT2D eigenvalue weighted by Crippen LogP contribution is 2.38. The van der Waals surface area contributed by atoms with Crippen molar-refractivity contribution in [3.8, 4) is 5.75 Å². The van der Waals surface area contributed by atoms with Crippen LogP contribution in [0.1, 0.15) is 18.9 Å². The number of benzene rings is 3. The van der Waals surface area contributed by atoms with Gasteiger partial charge in [0.05, 0.1) is 11.6 Å². The Morgan fingerprint density at radius 2 is 1.48 bits per heavy atom. The first-order valence-electron chi connectivity index (χ1n) is 9.23. The van der Waals surface area contributed by atoms with Crippen molar-refractivity contribution >= 4 is 24.7 Å². The smallest absolute Gasteiger partial charge is 0.220 e. The van der Waals surface area contributed by atoms with Crippen molar-refractivity contribution in [2.45, 2.75) is 19.4 Å². The minimum atomic E-state index is -0.983. The lowest BCUT2D eigenvalue weighted by Gasteiger charge is -2.21. The molecule has 0 N–H and O–H groups in total. The second kappa shape index (κ2) is 8.37. The predicted octanol–water partition coefficient (Wildman–Crippen LogP) is 4.67. The van der Waals surface area contributed by atoms with Crippen LogP contribution in [0.3, 0.4) is 0 Å². The van der Waals surface area contributed by atoms with Crippen LogP contribution in [-0.2, 0) is 4.74 Å². The van der Waals surface area contributed by atoms with Crippen molar-refractivity contribution in [3.63, 3.8) is 0 Å². The summed E-state index contributed by atoms with van der Waals surface area (Å²) in [7, 11) is -0.983.